The van der Waals surface area contributed by atoms with Gasteiger partial charge in [0, 0.05) is 12.8 Å². The molecular formula is C11H16N2O2. The van der Waals surface area contributed by atoms with E-state index >= 15 is 0 Å². The minimum Gasteiger partial charge on any atom is -0.493 e. The normalized spacial score (nSPS) is 25.2. The number of ether oxygens (including phenoxy) is 2. The molecule has 0 bridgehead atoms. The monoisotopic (exact) mass is 208 g/mol. The third-order valence-corrected chi connectivity index (χ3v) is 2.63. The number of rotatable bonds is 3. The van der Waals surface area contributed by atoms with E-state index in [4.69, 9.17) is 9.47 Å². The topological polar surface area (TPSA) is 43.4 Å². The van der Waals surface area contributed by atoms with Crippen LogP contribution in [0.15, 0.2) is 18.3 Å². The zero-order chi connectivity index (χ0) is 10.7. The number of anilines is 1. The molecule has 1 aliphatic heterocycles. The predicted octanol–water partition coefficient (Wildman–Crippen LogP) is 1.68. The first kappa shape index (κ1) is 10.2. The van der Waals surface area contributed by atoms with Crippen LogP contribution in [0.1, 0.15) is 13.3 Å². The number of nitrogens with zero attached hydrogens (tertiary/aromatic N) is 1. The Morgan fingerprint density at radius 2 is 2.47 bits per heavy atom. The first-order valence-corrected chi connectivity index (χ1v) is 5.08. The molecule has 4 heteroatoms. The van der Waals surface area contributed by atoms with Crippen LogP contribution in [0.4, 0.5) is 5.82 Å². The summed E-state index contributed by atoms with van der Waals surface area (Å²) in [4.78, 5) is 4.27. The van der Waals surface area contributed by atoms with Crippen LogP contribution in [-0.4, -0.2) is 30.8 Å². The number of methoxy groups -OCH3 is 1. The Kier molecular flexibility index (Phi) is 2.77. The molecule has 0 spiro atoms. The number of hydrogen-bond acceptors (Lipinski definition) is 4. The van der Waals surface area contributed by atoms with Crippen LogP contribution >= 0.6 is 0 Å². The van der Waals surface area contributed by atoms with Gasteiger partial charge >= 0.3 is 0 Å². The summed E-state index contributed by atoms with van der Waals surface area (Å²) in [5.41, 5.74) is -0.0262. The molecule has 82 valence electrons. The van der Waals surface area contributed by atoms with Gasteiger partial charge in [-0.05, 0) is 25.5 Å². The van der Waals surface area contributed by atoms with Gasteiger partial charge < -0.3 is 14.8 Å². The van der Waals surface area contributed by atoms with Crippen LogP contribution in [0, 0.1) is 0 Å². The Bertz CT molecular complexity index is 335. The molecule has 4 nitrogen and oxygen atoms in total. The van der Waals surface area contributed by atoms with Gasteiger partial charge in [0.25, 0.3) is 0 Å². The van der Waals surface area contributed by atoms with Gasteiger partial charge in [-0.1, -0.05) is 0 Å². The SMILES string of the molecule is COc1cccnc1NC1(C)CCOC1. The quantitative estimate of drug-likeness (QED) is 0.820. The average Bonchev–Trinajstić information content (AvgIpc) is 2.66. The maximum Gasteiger partial charge on any atom is 0.169 e. The van der Waals surface area contributed by atoms with Crippen molar-refractivity contribution in [1.29, 1.82) is 0 Å². The summed E-state index contributed by atoms with van der Waals surface area (Å²) in [6, 6.07) is 3.76. The molecule has 2 rings (SSSR count). The molecule has 2 heterocycles. The maximum absolute atomic E-state index is 5.37. The molecular weight excluding hydrogens is 192 g/mol. The van der Waals surface area contributed by atoms with Crippen molar-refractivity contribution in [3.63, 3.8) is 0 Å². The molecule has 0 aliphatic carbocycles. The Morgan fingerprint density at radius 3 is 3.13 bits per heavy atom. The first-order valence-electron chi connectivity index (χ1n) is 5.08. The predicted molar refractivity (Wildman–Crippen MR) is 58.3 cm³/mol. The van der Waals surface area contributed by atoms with Crippen LogP contribution in [0.3, 0.4) is 0 Å². The lowest BCUT2D eigenvalue weighted by atomic mass is 10.0. The third-order valence-electron chi connectivity index (χ3n) is 2.63. The molecule has 1 fully saturated rings. The lowest BCUT2D eigenvalue weighted by molar-refractivity contribution is 0.185. The van der Waals surface area contributed by atoms with Gasteiger partial charge in [0.1, 0.15) is 0 Å². The fraction of sp³-hybridized carbons (Fsp3) is 0.545. The second-order valence-electron chi connectivity index (χ2n) is 4.04. The third kappa shape index (κ3) is 2.21. The van der Waals surface area contributed by atoms with E-state index in [0.29, 0.717) is 6.61 Å². The van der Waals surface area contributed by atoms with Crippen molar-refractivity contribution in [1.82, 2.24) is 4.98 Å². The maximum atomic E-state index is 5.37. The standard InChI is InChI=1S/C11H16N2O2/c1-11(5-7-15-8-11)13-10-9(14-2)4-3-6-12-10/h3-4,6H,5,7-8H2,1-2H3,(H,12,13). The summed E-state index contributed by atoms with van der Waals surface area (Å²) in [6.07, 6.45) is 2.75. The lowest BCUT2D eigenvalue weighted by Gasteiger charge is -2.25. The van der Waals surface area contributed by atoms with Crippen LogP contribution in [0.2, 0.25) is 0 Å². The zero-order valence-electron chi connectivity index (χ0n) is 9.12. The molecule has 1 aromatic heterocycles. The van der Waals surface area contributed by atoms with Gasteiger partial charge in [-0.25, -0.2) is 4.98 Å². The van der Waals surface area contributed by atoms with Crippen molar-refractivity contribution in [2.45, 2.75) is 18.9 Å². The van der Waals surface area contributed by atoms with Crippen LogP contribution < -0.4 is 10.1 Å². The Morgan fingerprint density at radius 1 is 1.60 bits per heavy atom. The smallest absolute Gasteiger partial charge is 0.169 e. The highest BCUT2D eigenvalue weighted by Gasteiger charge is 2.30. The number of pyridine rings is 1. The van der Waals surface area contributed by atoms with Gasteiger partial charge in [0.2, 0.25) is 0 Å². The molecule has 1 atom stereocenters. The highest BCUT2D eigenvalue weighted by molar-refractivity contribution is 5.51. The molecule has 0 saturated carbocycles. The van der Waals surface area contributed by atoms with E-state index in [1.807, 2.05) is 12.1 Å². The van der Waals surface area contributed by atoms with E-state index in [-0.39, 0.29) is 5.54 Å². The van der Waals surface area contributed by atoms with Gasteiger partial charge in [0.15, 0.2) is 11.6 Å². The Labute approximate surface area is 89.6 Å². The van der Waals surface area contributed by atoms with Crippen molar-refractivity contribution in [2.75, 3.05) is 25.6 Å². The van der Waals surface area contributed by atoms with Crippen LogP contribution in [0.5, 0.6) is 5.75 Å². The van der Waals surface area contributed by atoms with Crippen molar-refractivity contribution in [3.05, 3.63) is 18.3 Å². The lowest BCUT2D eigenvalue weighted by Crippen LogP contribution is -2.35. The molecule has 1 aliphatic rings. The van der Waals surface area contributed by atoms with Gasteiger partial charge in [-0.15, -0.1) is 0 Å². The summed E-state index contributed by atoms with van der Waals surface area (Å²) in [5, 5.41) is 3.38. The molecule has 1 aromatic rings. The molecule has 0 radical (unpaired) electrons. The fourth-order valence-corrected chi connectivity index (χ4v) is 1.70. The van der Waals surface area contributed by atoms with Gasteiger partial charge in [-0.3, -0.25) is 0 Å². The molecule has 1 N–H and O–H groups in total. The van der Waals surface area contributed by atoms with E-state index < -0.39 is 0 Å². The van der Waals surface area contributed by atoms with Crippen molar-refractivity contribution in [3.8, 4) is 5.75 Å². The van der Waals surface area contributed by atoms with Crippen molar-refractivity contribution < 1.29 is 9.47 Å². The summed E-state index contributed by atoms with van der Waals surface area (Å²) in [7, 11) is 1.65. The second-order valence-corrected chi connectivity index (χ2v) is 4.04. The van der Waals surface area contributed by atoms with Gasteiger partial charge in [0.05, 0.1) is 19.3 Å². The summed E-state index contributed by atoms with van der Waals surface area (Å²) in [5.74, 6) is 1.55. The summed E-state index contributed by atoms with van der Waals surface area (Å²) in [6.45, 7) is 3.65. The van der Waals surface area contributed by atoms with E-state index in [9.17, 15) is 0 Å². The Balaban J connectivity index is 2.16. The summed E-state index contributed by atoms with van der Waals surface area (Å²) < 4.78 is 10.6. The number of nitrogens with one attached hydrogen (secondary N) is 1. The highest BCUT2D eigenvalue weighted by atomic mass is 16.5. The van der Waals surface area contributed by atoms with E-state index in [0.717, 1.165) is 24.6 Å². The molecule has 1 unspecified atom stereocenters. The second kappa shape index (κ2) is 4.06. The molecule has 1 saturated heterocycles. The van der Waals surface area contributed by atoms with E-state index in [2.05, 4.69) is 17.2 Å². The van der Waals surface area contributed by atoms with Crippen molar-refractivity contribution in [2.24, 2.45) is 0 Å². The average molecular weight is 208 g/mol. The minimum absolute atomic E-state index is 0.0262. The number of hydrogen-bond donors (Lipinski definition) is 1. The fourth-order valence-electron chi connectivity index (χ4n) is 1.70. The number of aromatic nitrogens is 1. The van der Waals surface area contributed by atoms with Crippen LogP contribution in [0.25, 0.3) is 0 Å². The molecule has 15 heavy (non-hydrogen) atoms. The van der Waals surface area contributed by atoms with Gasteiger partial charge in [-0.2, -0.15) is 0 Å². The molecule has 0 amide bonds. The van der Waals surface area contributed by atoms with Crippen LogP contribution in [-0.2, 0) is 4.74 Å². The molecule has 0 aromatic carbocycles. The van der Waals surface area contributed by atoms with E-state index in [1.165, 1.54) is 0 Å². The summed E-state index contributed by atoms with van der Waals surface area (Å²) >= 11 is 0. The van der Waals surface area contributed by atoms with Crippen molar-refractivity contribution >= 4 is 5.82 Å². The highest BCUT2D eigenvalue weighted by Crippen LogP contribution is 2.27. The zero-order valence-corrected chi connectivity index (χ0v) is 9.12. The largest absolute Gasteiger partial charge is 0.493 e. The Hall–Kier alpha value is -1.29. The van der Waals surface area contributed by atoms with E-state index in [1.54, 1.807) is 13.3 Å². The first-order chi connectivity index (χ1) is 7.23. The minimum atomic E-state index is -0.0262.